The van der Waals surface area contributed by atoms with E-state index < -0.39 is 0 Å². The molecule has 0 saturated carbocycles. The molecule has 0 amide bonds. The van der Waals surface area contributed by atoms with Crippen LogP contribution >= 0.6 is 12.2 Å². The second-order valence-electron chi connectivity index (χ2n) is 4.83. The summed E-state index contributed by atoms with van der Waals surface area (Å²) in [6, 6.07) is 9.69. The molecule has 21 heavy (non-hydrogen) atoms. The van der Waals surface area contributed by atoms with Gasteiger partial charge in [-0.15, -0.1) is 0 Å². The van der Waals surface area contributed by atoms with Gasteiger partial charge in [0.05, 0.1) is 24.6 Å². The van der Waals surface area contributed by atoms with E-state index in [2.05, 4.69) is 15.2 Å². The number of pyridine rings is 1. The zero-order chi connectivity index (χ0) is 14.7. The number of nitrogens with zero attached hydrogens (tertiary/aromatic N) is 2. The summed E-state index contributed by atoms with van der Waals surface area (Å²) < 4.78 is 10.8. The number of furan rings is 1. The number of hydrogen-bond donors (Lipinski definition) is 1. The first-order valence-electron chi connectivity index (χ1n) is 6.81. The van der Waals surface area contributed by atoms with Crippen LogP contribution in [0.4, 0.5) is 0 Å². The molecule has 3 rings (SSSR count). The molecule has 2 aromatic heterocycles. The van der Waals surface area contributed by atoms with E-state index in [4.69, 9.17) is 21.4 Å². The summed E-state index contributed by atoms with van der Waals surface area (Å²) in [6.07, 6.45) is 3.47. The molecule has 5 nitrogen and oxygen atoms in total. The summed E-state index contributed by atoms with van der Waals surface area (Å²) >= 11 is 5.47. The van der Waals surface area contributed by atoms with Crippen LogP contribution in [0.15, 0.2) is 47.2 Å². The molecule has 2 atom stereocenters. The lowest BCUT2D eigenvalue weighted by atomic mass is 10.0. The highest BCUT2D eigenvalue weighted by atomic mass is 32.1. The van der Waals surface area contributed by atoms with E-state index in [1.165, 1.54) is 0 Å². The standard InChI is InChI=1S/C15H17N3O2S/c1-19-10-8-18-14(12-6-4-9-20-12)13(17-15(18)21)11-5-2-3-7-16-11/h2-7,9,13-14H,8,10H2,1H3,(H,17,21)/t13-,14-/m1/s1. The Kier molecular flexibility index (Phi) is 4.17. The van der Waals surface area contributed by atoms with Crippen molar-refractivity contribution in [3.8, 4) is 0 Å². The average molecular weight is 303 g/mol. The number of hydrogen-bond acceptors (Lipinski definition) is 4. The molecule has 0 aliphatic carbocycles. The Morgan fingerprint density at radius 2 is 2.29 bits per heavy atom. The van der Waals surface area contributed by atoms with E-state index in [1.54, 1.807) is 19.6 Å². The maximum Gasteiger partial charge on any atom is 0.170 e. The molecule has 0 radical (unpaired) electrons. The van der Waals surface area contributed by atoms with E-state index in [-0.39, 0.29) is 12.1 Å². The predicted molar refractivity (Wildman–Crippen MR) is 82.7 cm³/mol. The van der Waals surface area contributed by atoms with Gasteiger partial charge < -0.3 is 19.4 Å². The van der Waals surface area contributed by atoms with Gasteiger partial charge in [-0.1, -0.05) is 6.07 Å². The van der Waals surface area contributed by atoms with Gasteiger partial charge >= 0.3 is 0 Å². The monoisotopic (exact) mass is 303 g/mol. The first-order valence-corrected chi connectivity index (χ1v) is 7.22. The third-order valence-corrected chi connectivity index (χ3v) is 3.92. The highest BCUT2D eigenvalue weighted by molar-refractivity contribution is 7.80. The molecule has 0 bridgehead atoms. The second-order valence-corrected chi connectivity index (χ2v) is 5.21. The summed E-state index contributed by atoms with van der Waals surface area (Å²) in [6.45, 7) is 1.31. The fourth-order valence-electron chi connectivity index (χ4n) is 2.60. The van der Waals surface area contributed by atoms with E-state index in [0.717, 1.165) is 11.5 Å². The molecule has 0 spiro atoms. The predicted octanol–water partition coefficient (Wildman–Crippen LogP) is 2.29. The Morgan fingerprint density at radius 3 is 2.95 bits per heavy atom. The molecule has 1 aliphatic heterocycles. The molecular weight excluding hydrogens is 286 g/mol. The number of thiocarbonyl (C=S) groups is 1. The Hall–Kier alpha value is -1.92. The molecule has 1 fully saturated rings. The fraction of sp³-hybridized carbons (Fsp3) is 0.333. The van der Waals surface area contributed by atoms with Crippen LogP contribution in [0, 0.1) is 0 Å². The normalized spacial score (nSPS) is 21.6. The van der Waals surface area contributed by atoms with Gasteiger partial charge in [0, 0.05) is 19.9 Å². The zero-order valence-electron chi connectivity index (χ0n) is 11.7. The molecule has 0 aromatic carbocycles. The van der Waals surface area contributed by atoms with Crippen molar-refractivity contribution in [1.29, 1.82) is 0 Å². The molecular formula is C15H17N3O2S. The van der Waals surface area contributed by atoms with Crippen molar-refractivity contribution in [2.75, 3.05) is 20.3 Å². The highest BCUT2D eigenvalue weighted by Gasteiger charge is 2.41. The van der Waals surface area contributed by atoms with Crippen molar-refractivity contribution < 1.29 is 9.15 Å². The Labute approximate surface area is 128 Å². The van der Waals surface area contributed by atoms with Gasteiger partial charge in [-0.2, -0.15) is 0 Å². The van der Waals surface area contributed by atoms with Gasteiger partial charge in [-0.25, -0.2) is 0 Å². The lowest BCUT2D eigenvalue weighted by Gasteiger charge is -2.25. The van der Waals surface area contributed by atoms with E-state index in [9.17, 15) is 0 Å². The van der Waals surface area contributed by atoms with Gasteiger partial charge in [0.2, 0.25) is 0 Å². The van der Waals surface area contributed by atoms with Crippen LogP contribution in [0.3, 0.4) is 0 Å². The van der Waals surface area contributed by atoms with Crippen LogP contribution in [-0.2, 0) is 4.74 Å². The fourth-order valence-corrected chi connectivity index (χ4v) is 2.94. The topological polar surface area (TPSA) is 50.5 Å². The summed E-state index contributed by atoms with van der Waals surface area (Å²) in [4.78, 5) is 6.54. The third-order valence-electron chi connectivity index (χ3n) is 3.57. The number of ether oxygens (including phenoxy) is 1. The van der Waals surface area contributed by atoms with E-state index in [0.29, 0.717) is 18.3 Å². The van der Waals surface area contributed by atoms with Crippen molar-refractivity contribution in [2.24, 2.45) is 0 Å². The Balaban J connectivity index is 1.94. The summed E-state index contributed by atoms with van der Waals surface area (Å²) in [5, 5.41) is 4.05. The number of nitrogens with one attached hydrogen (secondary N) is 1. The maximum atomic E-state index is 5.62. The highest BCUT2D eigenvalue weighted by Crippen LogP contribution is 2.38. The van der Waals surface area contributed by atoms with E-state index in [1.807, 2.05) is 30.3 Å². The third kappa shape index (κ3) is 2.77. The number of methoxy groups -OCH3 is 1. The van der Waals surface area contributed by atoms with Crippen LogP contribution < -0.4 is 5.32 Å². The van der Waals surface area contributed by atoms with Crippen LogP contribution in [-0.4, -0.2) is 35.3 Å². The first kappa shape index (κ1) is 14.0. The number of aromatic nitrogens is 1. The molecule has 1 N–H and O–H groups in total. The van der Waals surface area contributed by atoms with Crippen LogP contribution in [0.2, 0.25) is 0 Å². The lowest BCUT2D eigenvalue weighted by molar-refractivity contribution is 0.158. The molecule has 0 unspecified atom stereocenters. The van der Waals surface area contributed by atoms with Crippen molar-refractivity contribution in [1.82, 2.24) is 15.2 Å². The minimum atomic E-state index is -0.0262. The van der Waals surface area contributed by atoms with E-state index >= 15 is 0 Å². The minimum Gasteiger partial charge on any atom is -0.467 e. The molecule has 6 heteroatoms. The first-order chi connectivity index (χ1) is 10.3. The number of rotatable bonds is 5. The zero-order valence-corrected chi connectivity index (χ0v) is 12.5. The van der Waals surface area contributed by atoms with Gasteiger partial charge in [-0.05, 0) is 36.5 Å². The summed E-state index contributed by atoms with van der Waals surface area (Å²) in [7, 11) is 1.69. The quantitative estimate of drug-likeness (QED) is 0.855. The SMILES string of the molecule is COCCN1C(=S)N[C@H](c2ccccn2)[C@H]1c1ccco1. The van der Waals surface area contributed by atoms with Crippen LogP contribution in [0.1, 0.15) is 23.5 Å². The smallest absolute Gasteiger partial charge is 0.170 e. The van der Waals surface area contributed by atoms with Gasteiger partial charge in [0.25, 0.3) is 0 Å². The van der Waals surface area contributed by atoms with Crippen molar-refractivity contribution in [2.45, 2.75) is 12.1 Å². The van der Waals surface area contributed by atoms with Gasteiger partial charge in [0.15, 0.2) is 5.11 Å². The summed E-state index contributed by atoms with van der Waals surface area (Å²) in [5.41, 5.74) is 0.946. The average Bonchev–Trinajstić information content (AvgIpc) is 3.13. The molecule has 3 heterocycles. The lowest BCUT2D eigenvalue weighted by Crippen LogP contribution is -2.32. The molecule has 2 aromatic rings. The van der Waals surface area contributed by atoms with Crippen LogP contribution in [0.25, 0.3) is 0 Å². The largest absolute Gasteiger partial charge is 0.467 e. The maximum absolute atomic E-state index is 5.62. The Bertz CT molecular complexity index is 588. The molecule has 110 valence electrons. The van der Waals surface area contributed by atoms with Gasteiger partial charge in [-0.3, -0.25) is 4.98 Å². The minimum absolute atomic E-state index is 0.0162. The van der Waals surface area contributed by atoms with Crippen molar-refractivity contribution in [3.05, 3.63) is 54.2 Å². The molecule has 1 saturated heterocycles. The van der Waals surface area contributed by atoms with Crippen LogP contribution in [0.5, 0.6) is 0 Å². The molecule has 1 aliphatic rings. The van der Waals surface area contributed by atoms with Crippen molar-refractivity contribution >= 4 is 17.3 Å². The Morgan fingerprint density at radius 1 is 1.38 bits per heavy atom. The summed E-state index contributed by atoms with van der Waals surface area (Å²) in [5.74, 6) is 0.870. The second kappa shape index (κ2) is 6.24. The van der Waals surface area contributed by atoms with Gasteiger partial charge in [0.1, 0.15) is 11.8 Å². The van der Waals surface area contributed by atoms with Crippen molar-refractivity contribution in [3.63, 3.8) is 0 Å².